The van der Waals surface area contributed by atoms with Crippen LogP contribution >= 0.6 is 11.9 Å². The predicted molar refractivity (Wildman–Crippen MR) is 143 cm³/mol. The summed E-state index contributed by atoms with van der Waals surface area (Å²) in [5.41, 5.74) is 4.48. The average Bonchev–Trinajstić information content (AvgIpc) is 2.81. The Morgan fingerprint density at radius 2 is 1.86 bits per heavy atom. The smallest absolute Gasteiger partial charge is 0.335 e. The van der Waals surface area contributed by atoms with Gasteiger partial charge in [-0.15, -0.1) is 0 Å². The molecule has 1 heterocycles. The van der Waals surface area contributed by atoms with E-state index in [-0.39, 0.29) is 11.0 Å². The number of aromatic carboxylic acids is 1. The third-order valence-electron chi connectivity index (χ3n) is 5.59. The fourth-order valence-electron chi connectivity index (χ4n) is 3.73. The van der Waals surface area contributed by atoms with E-state index in [0.717, 1.165) is 34.6 Å². The maximum Gasteiger partial charge on any atom is 0.335 e. The quantitative estimate of drug-likeness (QED) is 0.222. The highest BCUT2D eigenvalue weighted by molar-refractivity contribution is 8.00. The van der Waals surface area contributed by atoms with Gasteiger partial charge in [0.05, 0.1) is 17.9 Å². The van der Waals surface area contributed by atoms with Gasteiger partial charge in [0.25, 0.3) is 0 Å². The molecule has 6 nitrogen and oxygen atoms in total. The third kappa shape index (κ3) is 7.46. The molecule has 0 spiro atoms. The van der Waals surface area contributed by atoms with Gasteiger partial charge in [0.2, 0.25) is 11.8 Å². The van der Waals surface area contributed by atoms with Crippen LogP contribution in [0.5, 0.6) is 5.88 Å². The van der Waals surface area contributed by atoms with Gasteiger partial charge in [-0.25, -0.2) is 9.78 Å². The summed E-state index contributed by atoms with van der Waals surface area (Å²) in [4.78, 5) is 21.6. The minimum Gasteiger partial charge on any atom is -0.478 e. The summed E-state index contributed by atoms with van der Waals surface area (Å²) < 4.78 is 9.35. The van der Waals surface area contributed by atoms with Crippen molar-refractivity contribution in [3.8, 4) is 17.1 Å². The molecule has 1 aromatic heterocycles. The molecule has 3 rings (SSSR count). The number of anilines is 1. The number of nitrogens with one attached hydrogen (secondary N) is 1. The molecule has 0 atom stereocenters. The molecule has 0 saturated heterocycles. The van der Waals surface area contributed by atoms with Crippen molar-refractivity contribution < 1.29 is 14.6 Å². The van der Waals surface area contributed by atoms with E-state index in [2.05, 4.69) is 56.5 Å². The Bertz CT molecular complexity index is 1170. The zero-order valence-corrected chi connectivity index (χ0v) is 22.2. The molecule has 0 fully saturated rings. The first-order valence-electron chi connectivity index (χ1n) is 11.9. The van der Waals surface area contributed by atoms with Crippen molar-refractivity contribution in [1.29, 1.82) is 0 Å². The van der Waals surface area contributed by atoms with E-state index < -0.39 is 5.97 Å². The maximum atomic E-state index is 11.3. The lowest BCUT2D eigenvalue weighted by Gasteiger charge is -2.19. The Labute approximate surface area is 212 Å². The summed E-state index contributed by atoms with van der Waals surface area (Å²) in [6.07, 6.45) is 1.99. The van der Waals surface area contributed by atoms with Gasteiger partial charge < -0.3 is 9.84 Å². The fraction of sp³-hybridized carbons (Fsp3) is 0.393. The van der Waals surface area contributed by atoms with Crippen LogP contribution in [0.1, 0.15) is 74.9 Å². The SMILES string of the molecule is Cc1c(OCCCC(C)(C)C)nc(NSc2cccc(C(=O)O)c2)nc1-c1ccccc1C(C)C. The molecule has 0 bridgehead atoms. The highest BCUT2D eigenvalue weighted by Gasteiger charge is 2.18. The molecular weight excluding hydrogens is 458 g/mol. The summed E-state index contributed by atoms with van der Waals surface area (Å²) in [5.74, 6) is 0.351. The van der Waals surface area contributed by atoms with Gasteiger partial charge in [-0.05, 0) is 66.8 Å². The number of rotatable bonds is 10. The summed E-state index contributed by atoms with van der Waals surface area (Å²) in [5, 5.41) is 9.28. The summed E-state index contributed by atoms with van der Waals surface area (Å²) in [6, 6.07) is 15.0. The van der Waals surface area contributed by atoms with Crippen molar-refractivity contribution in [3.63, 3.8) is 0 Å². The molecule has 186 valence electrons. The molecule has 7 heteroatoms. The van der Waals surface area contributed by atoms with Gasteiger partial charge in [-0.2, -0.15) is 4.98 Å². The van der Waals surface area contributed by atoms with Crippen molar-refractivity contribution in [2.75, 3.05) is 11.3 Å². The number of carbonyl (C=O) groups is 1. The van der Waals surface area contributed by atoms with Gasteiger partial charge in [0.1, 0.15) is 0 Å². The van der Waals surface area contributed by atoms with Gasteiger partial charge in [-0.1, -0.05) is 65.0 Å². The second kappa shape index (κ2) is 11.6. The normalized spacial score (nSPS) is 11.5. The standard InChI is InChI=1S/C28H35N3O3S/c1-18(2)22-13-7-8-14-23(22)24-19(3)25(34-16-10-15-28(4,5)6)30-27(29-24)31-35-21-12-9-11-20(17-21)26(32)33/h7-9,11-14,17-18H,10,15-16H2,1-6H3,(H,32,33)(H,29,30,31). The zero-order valence-electron chi connectivity index (χ0n) is 21.4. The maximum absolute atomic E-state index is 11.3. The number of hydrogen-bond acceptors (Lipinski definition) is 6. The Morgan fingerprint density at radius 3 is 2.54 bits per heavy atom. The van der Waals surface area contributed by atoms with Crippen LogP contribution < -0.4 is 9.46 Å². The Kier molecular flexibility index (Phi) is 8.78. The summed E-state index contributed by atoms with van der Waals surface area (Å²) >= 11 is 1.27. The van der Waals surface area contributed by atoms with E-state index in [9.17, 15) is 9.90 Å². The van der Waals surface area contributed by atoms with Gasteiger partial charge in [0.15, 0.2) is 0 Å². The lowest BCUT2D eigenvalue weighted by Crippen LogP contribution is -2.10. The second-order valence-electron chi connectivity index (χ2n) is 10.1. The first kappa shape index (κ1) is 26.5. The molecule has 2 N–H and O–H groups in total. The van der Waals surface area contributed by atoms with E-state index in [1.807, 2.05) is 25.1 Å². The predicted octanol–water partition coefficient (Wildman–Crippen LogP) is 7.60. The van der Waals surface area contributed by atoms with Crippen LogP contribution in [0.2, 0.25) is 0 Å². The second-order valence-corrected chi connectivity index (χ2v) is 11.0. The Hall–Kier alpha value is -3.06. The summed E-state index contributed by atoms with van der Waals surface area (Å²) in [6.45, 7) is 13.6. The molecule has 0 aliphatic heterocycles. The Balaban J connectivity index is 1.93. The topological polar surface area (TPSA) is 84.3 Å². The van der Waals surface area contributed by atoms with E-state index in [0.29, 0.717) is 24.4 Å². The monoisotopic (exact) mass is 493 g/mol. The molecule has 35 heavy (non-hydrogen) atoms. The van der Waals surface area contributed by atoms with Gasteiger partial charge >= 0.3 is 5.97 Å². The summed E-state index contributed by atoms with van der Waals surface area (Å²) in [7, 11) is 0. The van der Waals surface area contributed by atoms with Crippen molar-refractivity contribution >= 4 is 23.9 Å². The van der Waals surface area contributed by atoms with Crippen molar-refractivity contribution in [2.45, 2.75) is 65.2 Å². The first-order valence-corrected chi connectivity index (χ1v) is 12.7. The minimum absolute atomic E-state index is 0.232. The van der Waals surface area contributed by atoms with E-state index in [4.69, 9.17) is 9.72 Å². The number of nitrogens with zero attached hydrogens (tertiary/aromatic N) is 2. The molecule has 0 aliphatic rings. The average molecular weight is 494 g/mol. The highest BCUT2D eigenvalue weighted by atomic mass is 32.2. The third-order valence-corrected chi connectivity index (χ3v) is 6.36. The van der Waals surface area contributed by atoms with Crippen LogP contribution in [0, 0.1) is 12.3 Å². The highest BCUT2D eigenvalue weighted by Crippen LogP contribution is 2.35. The molecule has 0 unspecified atom stereocenters. The number of carboxylic acids is 1. The lowest BCUT2D eigenvalue weighted by atomic mass is 9.91. The van der Waals surface area contributed by atoms with Crippen molar-refractivity contribution in [3.05, 3.63) is 65.2 Å². The van der Waals surface area contributed by atoms with Crippen molar-refractivity contribution in [1.82, 2.24) is 9.97 Å². The molecule has 0 aliphatic carbocycles. The van der Waals surface area contributed by atoms with Crippen LogP contribution in [0.15, 0.2) is 53.4 Å². The van der Waals surface area contributed by atoms with E-state index in [1.165, 1.54) is 17.5 Å². The lowest BCUT2D eigenvalue weighted by molar-refractivity contribution is 0.0696. The Morgan fingerprint density at radius 1 is 1.11 bits per heavy atom. The first-order chi connectivity index (χ1) is 16.5. The van der Waals surface area contributed by atoms with Gasteiger partial charge in [0, 0.05) is 16.0 Å². The van der Waals surface area contributed by atoms with E-state index >= 15 is 0 Å². The van der Waals surface area contributed by atoms with Crippen LogP contribution in [-0.4, -0.2) is 27.7 Å². The molecular formula is C28H35N3O3S. The fourth-order valence-corrected chi connectivity index (χ4v) is 4.36. The number of aromatic nitrogens is 2. The molecule has 0 radical (unpaired) electrons. The van der Waals surface area contributed by atoms with E-state index in [1.54, 1.807) is 18.2 Å². The molecule has 3 aromatic rings. The van der Waals surface area contributed by atoms with Crippen LogP contribution in [-0.2, 0) is 0 Å². The molecule has 2 aromatic carbocycles. The van der Waals surface area contributed by atoms with Crippen LogP contribution in [0.25, 0.3) is 11.3 Å². The molecule has 0 saturated carbocycles. The number of benzene rings is 2. The van der Waals surface area contributed by atoms with Crippen LogP contribution in [0.3, 0.4) is 0 Å². The van der Waals surface area contributed by atoms with Crippen molar-refractivity contribution in [2.24, 2.45) is 5.41 Å². The molecule has 0 amide bonds. The number of ether oxygens (including phenoxy) is 1. The van der Waals surface area contributed by atoms with Crippen LogP contribution in [0.4, 0.5) is 5.95 Å². The zero-order chi connectivity index (χ0) is 25.6. The van der Waals surface area contributed by atoms with Gasteiger partial charge in [-0.3, -0.25) is 4.72 Å². The largest absolute Gasteiger partial charge is 0.478 e. The minimum atomic E-state index is -0.961. The number of hydrogen-bond donors (Lipinski definition) is 2. The number of carboxylic acid groups (broad SMARTS) is 1.